The van der Waals surface area contributed by atoms with Crippen LogP contribution < -0.4 is 4.90 Å². The lowest BCUT2D eigenvalue weighted by Gasteiger charge is -2.30. The van der Waals surface area contributed by atoms with Crippen molar-refractivity contribution in [3.63, 3.8) is 0 Å². The zero-order chi connectivity index (χ0) is 33.0. The molecule has 0 amide bonds. The van der Waals surface area contributed by atoms with Crippen LogP contribution in [-0.4, -0.2) is 10.6 Å². The topological polar surface area (TPSA) is 8.17 Å². The molecule has 248 valence electrons. The highest BCUT2D eigenvalue weighted by Gasteiger charge is 2.45. The highest BCUT2D eigenvalue weighted by atomic mass is 15.2. The summed E-state index contributed by atoms with van der Waals surface area (Å²) < 4.78 is 2.63. The molecule has 6 aliphatic carbocycles. The first-order valence-corrected chi connectivity index (χ1v) is 19.2. The summed E-state index contributed by atoms with van der Waals surface area (Å²) in [5, 5.41) is 1.44. The molecule has 50 heavy (non-hydrogen) atoms. The second-order valence-corrected chi connectivity index (χ2v) is 15.3. The molecule has 5 atom stereocenters. The molecular formula is C48H46N2. The van der Waals surface area contributed by atoms with Gasteiger partial charge < -0.3 is 9.47 Å². The summed E-state index contributed by atoms with van der Waals surface area (Å²) in [6, 6.07) is 18.9. The number of anilines is 1. The van der Waals surface area contributed by atoms with Crippen LogP contribution in [0.5, 0.6) is 0 Å². The third-order valence-corrected chi connectivity index (χ3v) is 12.7. The van der Waals surface area contributed by atoms with Crippen molar-refractivity contribution in [1.29, 1.82) is 0 Å². The van der Waals surface area contributed by atoms with E-state index in [4.69, 9.17) is 0 Å². The van der Waals surface area contributed by atoms with Crippen molar-refractivity contribution in [2.45, 2.75) is 69.7 Å². The monoisotopic (exact) mass is 650 g/mol. The molecule has 10 rings (SSSR count). The Bertz CT molecular complexity index is 2170. The van der Waals surface area contributed by atoms with Gasteiger partial charge in [-0.1, -0.05) is 109 Å². The molecule has 7 aliphatic rings. The Labute approximate surface area is 297 Å². The van der Waals surface area contributed by atoms with Crippen LogP contribution in [-0.2, 0) is 6.42 Å². The summed E-state index contributed by atoms with van der Waals surface area (Å²) in [5.74, 6) is 2.21. The van der Waals surface area contributed by atoms with Gasteiger partial charge in [-0.05, 0) is 117 Å². The lowest BCUT2D eigenvalue weighted by Crippen LogP contribution is -2.30. The number of nitrogens with zero attached hydrogens (tertiary/aromatic N) is 2. The van der Waals surface area contributed by atoms with Crippen molar-refractivity contribution in [3.05, 3.63) is 173 Å². The lowest BCUT2D eigenvalue weighted by molar-refractivity contribution is 0.481. The van der Waals surface area contributed by atoms with E-state index < -0.39 is 0 Å². The molecule has 0 radical (unpaired) electrons. The van der Waals surface area contributed by atoms with Gasteiger partial charge in [0.25, 0.3) is 0 Å². The van der Waals surface area contributed by atoms with E-state index in [9.17, 15) is 0 Å². The van der Waals surface area contributed by atoms with Crippen LogP contribution in [0.4, 0.5) is 5.69 Å². The van der Waals surface area contributed by atoms with Crippen LogP contribution in [0.3, 0.4) is 0 Å². The van der Waals surface area contributed by atoms with Gasteiger partial charge in [-0.15, -0.1) is 0 Å². The van der Waals surface area contributed by atoms with Gasteiger partial charge in [0.15, 0.2) is 0 Å². The van der Waals surface area contributed by atoms with Gasteiger partial charge in [0, 0.05) is 51.5 Å². The van der Waals surface area contributed by atoms with Gasteiger partial charge >= 0.3 is 0 Å². The molecule has 2 nitrogen and oxygen atoms in total. The maximum atomic E-state index is 2.63. The van der Waals surface area contributed by atoms with E-state index in [1.54, 1.807) is 16.7 Å². The zero-order valence-corrected chi connectivity index (χ0v) is 28.9. The van der Waals surface area contributed by atoms with Crippen molar-refractivity contribution in [2.75, 3.05) is 4.90 Å². The minimum atomic E-state index is 0.404. The third kappa shape index (κ3) is 5.06. The molecule has 1 saturated heterocycles. The Morgan fingerprint density at radius 2 is 1.64 bits per heavy atom. The Morgan fingerprint density at radius 1 is 0.720 bits per heavy atom. The number of allylic oxidation sites excluding steroid dienone is 17. The van der Waals surface area contributed by atoms with E-state index in [-0.39, 0.29) is 0 Å². The normalized spacial score (nSPS) is 28.0. The number of benzene rings is 2. The van der Waals surface area contributed by atoms with E-state index >= 15 is 0 Å². The Morgan fingerprint density at radius 3 is 2.48 bits per heavy atom. The molecule has 0 bridgehead atoms. The van der Waals surface area contributed by atoms with Crippen LogP contribution in [0.25, 0.3) is 22.7 Å². The van der Waals surface area contributed by atoms with Crippen LogP contribution in [0, 0.1) is 17.8 Å². The predicted octanol–water partition coefficient (Wildman–Crippen LogP) is 11.9. The van der Waals surface area contributed by atoms with Crippen molar-refractivity contribution < 1.29 is 0 Å². The van der Waals surface area contributed by atoms with Gasteiger partial charge in [0.05, 0.1) is 11.6 Å². The van der Waals surface area contributed by atoms with Gasteiger partial charge in [0.2, 0.25) is 0 Å². The maximum Gasteiger partial charge on any atom is 0.0591 e. The molecule has 1 aromatic heterocycles. The molecule has 1 fully saturated rings. The second-order valence-electron chi connectivity index (χ2n) is 15.3. The zero-order valence-electron chi connectivity index (χ0n) is 28.9. The van der Waals surface area contributed by atoms with Gasteiger partial charge in [0.1, 0.15) is 0 Å². The van der Waals surface area contributed by atoms with E-state index in [1.165, 1.54) is 57.6 Å². The molecule has 1 aliphatic heterocycles. The number of fused-ring (bicyclic) bond motifs is 6. The van der Waals surface area contributed by atoms with Crippen molar-refractivity contribution >= 4 is 28.4 Å². The van der Waals surface area contributed by atoms with Crippen molar-refractivity contribution in [3.8, 4) is 0 Å². The van der Waals surface area contributed by atoms with Crippen LogP contribution >= 0.6 is 0 Å². The molecule has 2 heterocycles. The first kappa shape index (κ1) is 30.0. The summed E-state index contributed by atoms with van der Waals surface area (Å²) >= 11 is 0. The van der Waals surface area contributed by atoms with Gasteiger partial charge in [-0.25, -0.2) is 0 Å². The Kier molecular flexibility index (Phi) is 7.51. The largest absolute Gasteiger partial charge is 0.337 e. The minimum Gasteiger partial charge on any atom is -0.337 e. The molecule has 3 aromatic rings. The summed E-state index contributed by atoms with van der Waals surface area (Å²) in [6.45, 7) is 0. The summed E-state index contributed by atoms with van der Waals surface area (Å²) in [5.41, 5.74) is 14.9. The Balaban J connectivity index is 0.911. The Hall–Kier alpha value is -4.82. The van der Waals surface area contributed by atoms with Crippen molar-refractivity contribution in [2.24, 2.45) is 17.8 Å². The molecule has 2 heteroatoms. The predicted molar refractivity (Wildman–Crippen MR) is 211 cm³/mol. The van der Waals surface area contributed by atoms with Crippen LogP contribution in [0.2, 0.25) is 0 Å². The number of hydrogen-bond donors (Lipinski definition) is 0. The van der Waals surface area contributed by atoms with E-state index in [2.05, 4.69) is 149 Å². The first-order valence-electron chi connectivity index (χ1n) is 19.2. The molecule has 0 spiro atoms. The summed E-state index contributed by atoms with van der Waals surface area (Å²) in [4.78, 5) is 2.59. The summed E-state index contributed by atoms with van der Waals surface area (Å²) in [6.07, 6.45) is 45.9. The minimum absolute atomic E-state index is 0.404. The standard InChI is InChI=1S/C48H46N2/c1-3-11-33(12-4-1)34-23-27-40(28-24-34)50-46-18-10-8-16-42(46)44-32-38(26-30-48(44)50)36-21-19-35(20-22-36)37-25-29-47-43(31-37)41-15-7-9-17-45(41)49(47)39-13-5-2-6-14-39/h1-9,11,13-17,19,23,25-27,29-30,32-33,36,41,43,45H,10,12,18,20-22,24,28,31H2. The quantitative estimate of drug-likeness (QED) is 0.267. The summed E-state index contributed by atoms with van der Waals surface area (Å²) in [7, 11) is 0. The van der Waals surface area contributed by atoms with Crippen LogP contribution in [0.15, 0.2) is 156 Å². The highest BCUT2D eigenvalue weighted by Crippen LogP contribution is 2.50. The smallest absolute Gasteiger partial charge is 0.0591 e. The fraction of sp³-hybridized carbons (Fsp3) is 0.292. The van der Waals surface area contributed by atoms with E-state index in [1.807, 2.05) is 0 Å². The molecule has 2 aromatic carbocycles. The van der Waals surface area contributed by atoms with Crippen molar-refractivity contribution in [1.82, 2.24) is 4.57 Å². The molecule has 5 unspecified atom stereocenters. The SMILES string of the molecule is C1=CCC(C2=CC=C(n3c4c(c5cc(C6CC=C(C7=CC=C8C(C7)C7C=CC=CC7N8c7ccccc7)CC6)ccc53)C=CCC4)CC2)C=C1. The fourth-order valence-corrected chi connectivity index (χ4v) is 10.1. The molecule has 0 saturated carbocycles. The van der Waals surface area contributed by atoms with E-state index in [0.29, 0.717) is 29.7 Å². The first-order chi connectivity index (χ1) is 24.8. The third-order valence-electron chi connectivity index (χ3n) is 12.7. The van der Waals surface area contributed by atoms with Gasteiger partial charge in [-0.3, -0.25) is 0 Å². The number of aromatic nitrogens is 1. The molecule has 0 N–H and O–H groups in total. The number of para-hydroxylation sites is 1. The maximum absolute atomic E-state index is 2.63. The second kappa shape index (κ2) is 12.5. The average Bonchev–Trinajstić information content (AvgIpc) is 3.71. The lowest BCUT2D eigenvalue weighted by atomic mass is 9.76. The number of rotatable bonds is 5. The van der Waals surface area contributed by atoms with Crippen LogP contribution in [0.1, 0.15) is 74.1 Å². The average molecular weight is 651 g/mol. The number of hydrogen-bond acceptors (Lipinski definition) is 1. The fourth-order valence-electron chi connectivity index (χ4n) is 10.1. The van der Waals surface area contributed by atoms with Gasteiger partial charge in [-0.2, -0.15) is 0 Å². The highest BCUT2D eigenvalue weighted by molar-refractivity contribution is 5.95. The van der Waals surface area contributed by atoms with E-state index in [0.717, 1.165) is 44.9 Å². The molecular weight excluding hydrogens is 605 g/mol.